The fourth-order valence-corrected chi connectivity index (χ4v) is 6.05. The van der Waals surface area contributed by atoms with E-state index in [1.165, 1.54) is 24.2 Å². The molecule has 4 N–H and O–H groups in total. The first-order valence-corrected chi connectivity index (χ1v) is 9.75. The summed E-state index contributed by atoms with van der Waals surface area (Å²) in [6.45, 7) is 0. The molecule has 1 aromatic carbocycles. The van der Waals surface area contributed by atoms with E-state index in [0.29, 0.717) is 11.8 Å². The highest BCUT2D eigenvalue weighted by Crippen LogP contribution is 2.62. The SMILES string of the molecule is CN=C/C(=C(\N)C(F)(F)F)[C@@H]1Nc2ccc3[nH]ccc3c2[C@H]2C3CCC(C3)[C@@H]12. The van der Waals surface area contributed by atoms with E-state index in [4.69, 9.17) is 5.73 Å². The quantitative estimate of drug-likeness (QED) is 0.660. The molecule has 2 fully saturated rings. The number of H-pyrrole nitrogens is 1. The summed E-state index contributed by atoms with van der Waals surface area (Å²) in [4.78, 5) is 7.17. The molecule has 148 valence electrons. The number of anilines is 1. The second-order valence-electron chi connectivity index (χ2n) is 8.28. The molecule has 0 spiro atoms. The lowest BCUT2D eigenvalue weighted by atomic mass is 9.67. The van der Waals surface area contributed by atoms with Crippen LogP contribution in [0.4, 0.5) is 18.9 Å². The summed E-state index contributed by atoms with van der Waals surface area (Å²) in [6.07, 6.45) is 1.95. The van der Waals surface area contributed by atoms with Gasteiger partial charge < -0.3 is 16.0 Å². The van der Waals surface area contributed by atoms with Crippen LogP contribution in [0.15, 0.2) is 40.7 Å². The first kappa shape index (κ1) is 17.6. The molecule has 1 aliphatic heterocycles. The van der Waals surface area contributed by atoms with E-state index in [1.54, 1.807) is 0 Å². The van der Waals surface area contributed by atoms with Gasteiger partial charge in [-0.1, -0.05) is 0 Å². The molecule has 2 unspecified atom stereocenters. The second kappa shape index (κ2) is 6.03. The van der Waals surface area contributed by atoms with Crippen molar-refractivity contribution in [3.8, 4) is 0 Å². The van der Waals surface area contributed by atoms with Crippen molar-refractivity contribution in [1.29, 1.82) is 0 Å². The van der Waals surface area contributed by atoms with E-state index in [-0.39, 0.29) is 17.4 Å². The minimum Gasteiger partial charge on any atom is -0.394 e. The molecule has 4 nitrogen and oxygen atoms in total. The lowest BCUT2D eigenvalue weighted by molar-refractivity contribution is -0.0935. The van der Waals surface area contributed by atoms with Gasteiger partial charge in [0.25, 0.3) is 0 Å². The summed E-state index contributed by atoms with van der Waals surface area (Å²) < 4.78 is 40.5. The molecule has 3 aliphatic rings. The van der Waals surface area contributed by atoms with E-state index in [0.717, 1.165) is 30.5 Å². The van der Waals surface area contributed by atoms with Gasteiger partial charge in [-0.25, -0.2) is 0 Å². The highest BCUT2D eigenvalue weighted by Gasteiger charge is 2.55. The number of benzene rings is 1. The number of aromatic nitrogens is 1. The molecule has 0 radical (unpaired) electrons. The molecule has 1 aromatic heterocycles. The molecule has 5 rings (SSSR count). The van der Waals surface area contributed by atoms with E-state index in [1.807, 2.05) is 18.3 Å². The van der Waals surface area contributed by atoms with Gasteiger partial charge in [-0.05, 0) is 66.7 Å². The van der Waals surface area contributed by atoms with Crippen LogP contribution in [0.1, 0.15) is 30.7 Å². The molecule has 2 bridgehead atoms. The fourth-order valence-electron chi connectivity index (χ4n) is 6.05. The van der Waals surface area contributed by atoms with Crippen LogP contribution in [0.5, 0.6) is 0 Å². The monoisotopic (exact) mass is 388 g/mol. The maximum atomic E-state index is 13.5. The van der Waals surface area contributed by atoms with Gasteiger partial charge in [-0.15, -0.1) is 0 Å². The predicted octanol–water partition coefficient (Wildman–Crippen LogP) is 4.57. The number of aromatic amines is 1. The molecule has 7 heteroatoms. The summed E-state index contributed by atoms with van der Waals surface area (Å²) in [5.74, 6) is 1.28. The first-order valence-electron chi connectivity index (χ1n) is 9.75. The maximum absolute atomic E-state index is 13.5. The van der Waals surface area contributed by atoms with E-state index in [2.05, 4.69) is 21.4 Å². The van der Waals surface area contributed by atoms with Crippen LogP contribution in [0.2, 0.25) is 0 Å². The Morgan fingerprint density at radius 3 is 2.75 bits per heavy atom. The Morgan fingerprint density at radius 1 is 1.21 bits per heavy atom. The molecule has 2 aliphatic carbocycles. The smallest absolute Gasteiger partial charge is 0.394 e. The Labute approximate surface area is 161 Å². The van der Waals surface area contributed by atoms with Gasteiger partial charge in [0.2, 0.25) is 0 Å². The topological polar surface area (TPSA) is 66.2 Å². The number of fused-ring (bicyclic) bond motifs is 9. The van der Waals surface area contributed by atoms with Gasteiger partial charge >= 0.3 is 6.18 Å². The zero-order chi connectivity index (χ0) is 19.6. The third kappa shape index (κ3) is 2.41. The number of nitrogens with one attached hydrogen (secondary N) is 2. The number of alkyl halides is 3. The minimum atomic E-state index is -4.57. The Kier molecular flexibility index (Phi) is 3.80. The van der Waals surface area contributed by atoms with Crippen LogP contribution in [-0.4, -0.2) is 30.5 Å². The lowest BCUT2D eigenvalue weighted by Crippen LogP contribution is -2.44. The number of rotatable bonds is 2. The van der Waals surface area contributed by atoms with Crippen molar-refractivity contribution in [3.05, 3.63) is 41.2 Å². The van der Waals surface area contributed by atoms with Crippen molar-refractivity contribution in [2.75, 3.05) is 12.4 Å². The van der Waals surface area contributed by atoms with Crippen molar-refractivity contribution in [2.24, 2.45) is 28.5 Å². The number of halogens is 3. The summed E-state index contributed by atoms with van der Waals surface area (Å²) in [7, 11) is 1.49. The number of aliphatic imine (C=N–C) groups is 1. The predicted molar refractivity (Wildman–Crippen MR) is 104 cm³/mol. The zero-order valence-electron chi connectivity index (χ0n) is 15.6. The summed E-state index contributed by atoms with van der Waals surface area (Å²) in [6, 6.07) is 5.56. The molecule has 5 atom stereocenters. The van der Waals surface area contributed by atoms with E-state index in [9.17, 15) is 13.2 Å². The highest BCUT2D eigenvalue weighted by atomic mass is 19.4. The van der Waals surface area contributed by atoms with Crippen LogP contribution in [0.3, 0.4) is 0 Å². The molecule has 0 amide bonds. The summed E-state index contributed by atoms with van der Waals surface area (Å²) in [5, 5.41) is 4.60. The number of hydrogen-bond acceptors (Lipinski definition) is 3. The Bertz CT molecular complexity index is 987. The van der Waals surface area contributed by atoms with Gasteiger partial charge in [0.1, 0.15) is 5.70 Å². The number of nitrogens with zero attached hydrogens (tertiary/aromatic N) is 1. The van der Waals surface area contributed by atoms with Crippen LogP contribution < -0.4 is 11.1 Å². The van der Waals surface area contributed by atoms with Crippen LogP contribution in [0, 0.1) is 17.8 Å². The number of allylic oxidation sites excluding steroid dienone is 1. The molecule has 0 saturated heterocycles. The third-order valence-electron chi connectivity index (χ3n) is 7.01. The average Bonchev–Trinajstić information content (AvgIpc) is 3.39. The van der Waals surface area contributed by atoms with Crippen LogP contribution >= 0.6 is 0 Å². The molecule has 2 aromatic rings. The number of nitrogens with two attached hydrogens (primary N) is 1. The van der Waals surface area contributed by atoms with Crippen molar-refractivity contribution in [2.45, 2.75) is 37.4 Å². The molecular weight excluding hydrogens is 365 g/mol. The first-order chi connectivity index (χ1) is 13.4. The highest BCUT2D eigenvalue weighted by molar-refractivity contribution is 5.91. The second-order valence-corrected chi connectivity index (χ2v) is 8.28. The Morgan fingerprint density at radius 2 is 2.00 bits per heavy atom. The largest absolute Gasteiger partial charge is 0.431 e. The van der Waals surface area contributed by atoms with Crippen molar-refractivity contribution >= 4 is 22.8 Å². The molecular formula is C21H23F3N4. The van der Waals surface area contributed by atoms with Gasteiger partial charge in [-0.2, -0.15) is 13.2 Å². The van der Waals surface area contributed by atoms with Crippen LogP contribution in [-0.2, 0) is 0 Å². The summed E-state index contributed by atoms with van der Waals surface area (Å²) in [5.41, 5.74) is 7.88. The summed E-state index contributed by atoms with van der Waals surface area (Å²) >= 11 is 0. The van der Waals surface area contributed by atoms with Gasteiger partial charge in [0.05, 0.1) is 6.04 Å². The van der Waals surface area contributed by atoms with Gasteiger partial charge in [-0.3, -0.25) is 4.99 Å². The van der Waals surface area contributed by atoms with Crippen molar-refractivity contribution in [3.63, 3.8) is 0 Å². The van der Waals surface area contributed by atoms with Gasteiger partial charge in [0.15, 0.2) is 0 Å². The lowest BCUT2D eigenvalue weighted by Gasteiger charge is -2.44. The zero-order valence-corrected chi connectivity index (χ0v) is 15.6. The van der Waals surface area contributed by atoms with Crippen molar-refractivity contribution in [1.82, 2.24) is 4.98 Å². The van der Waals surface area contributed by atoms with Gasteiger partial charge in [0, 0.05) is 41.6 Å². The minimum absolute atomic E-state index is 0.0670. The molecule has 2 heterocycles. The van der Waals surface area contributed by atoms with Crippen LogP contribution in [0.25, 0.3) is 10.9 Å². The Balaban J connectivity index is 1.71. The van der Waals surface area contributed by atoms with E-state index >= 15 is 0 Å². The Hall–Kier alpha value is -2.44. The van der Waals surface area contributed by atoms with Crippen molar-refractivity contribution < 1.29 is 13.2 Å². The third-order valence-corrected chi connectivity index (χ3v) is 7.01. The average molecular weight is 388 g/mol. The standard InChI is InChI=1S/C21H23F3N4/c1-26-9-13(20(25)21(22,23)24)19-17-11-3-2-10(8-11)16(17)18-12-6-7-27-14(12)4-5-15(18)28-19/h4-7,9-11,16-17,19,27-28H,2-3,8,25H2,1H3/b20-13+,26-9?/t10?,11?,16-,17+,19-/m0/s1. The van der Waals surface area contributed by atoms with E-state index < -0.39 is 17.9 Å². The molecule has 28 heavy (non-hydrogen) atoms. The number of hydrogen-bond donors (Lipinski definition) is 3. The molecule has 2 saturated carbocycles. The normalized spacial score (nSPS) is 32.4. The fraction of sp³-hybridized carbons (Fsp3) is 0.476. The maximum Gasteiger partial charge on any atom is 0.431 e.